The number of allylic oxidation sites excluding steroid dienone is 1. The highest BCUT2D eigenvalue weighted by Crippen LogP contribution is 2.32. The topological polar surface area (TPSA) is 89.8 Å². The van der Waals surface area contributed by atoms with Crippen LogP contribution in [0, 0.1) is 6.92 Å². The second-order valence-electron chi connectivity index (χ2n) is 7.91. The van der Waals surface area contributed by atoms with Gasteiger partial charge in [0.1, 0.15) is 4.53 Å². The number of carbonyl (C=O) groups is 2. The van der Waals surface area contributed by atoms with Crippen LogP contribution in [0.3, 0.4) is 0 Å². The Kier molecular flexibility index (Phi) is 5.09. The van der Waals surface area contributed by atoms with E-state index in [1.807, 2.05) is 49.4 Å². The van der Waals surface area contributed by atoms with Crippen LogP contribution in [0.4, 0.5) is 5.69 Å². The third-order valence-corrected chi connectivity index (χ3v) is 6.84. The fraction of sp³-hybridized carbons (Fsp3) is 0.200. The maximum Gasteiger partial charge on any atom is 0.338 e. The molecule has 0 radical (unpaired) electrons. The Bertz CT molecular complexity index is 1530. The molecule has 3 aromatic rings. The molecule has 5 rings (SSSR count). The molecular weight excluding hydrogens is 438 g/mol. The van der Waals surface area contributed by atoms with E-state index >= 15 is 0 Å². The minimum atomic E-state index is -0.699. The Morgan fingerprint density at radius 3 is 2.58 bits per heavy atom. The normalized spacial score (nSPS) is 18.4. The average molecular weight is 460 g/mol. The van der Waals surface area contributed by atoms with Crippen molar-refractivity contribution >= 4 is 34.5 Å². The molecule has 0 saturated carbocycles. The first-order valence-corrected chi connectivity index (χ1v) is 11.4. The van der Waals surface area contributed by atoms with Gasteiger partial charge in [0.15, 0.2) is 4.80 Å². The van der Waals surface area contributed by atoms with Crippen LogP contribution in [0.15, 0.2) is 69.6 Å². The molecule has 1 aromatic heterocycles. The first-order chi connectivity index (χ1) is 15.9. The molecule has 1 amide bonds. The van der Waals surface area contributed by atoms with Gasteiger partial charge in [0, 0.05) is 11.3 Å². The third kappa shape index (κ3) is 3.34. The van der Waals surface area contributed by atoms with Crippen molar-refractivity contribution < 1.29 is 14.3 Å². The Morgan fingerprint density at radius 1 is 1.12 bits per heavy atom. The van der Waals surface area contributed by atoms with Crippen LogP contribution < -0.4 is 20.2 Å². The maximum atomic E-state index is 13.8. The van der Waals surface area contributed by atoms with Gasteiger partial charge in [-0.15, -0.1) is 0 Å². The number of hydrogen-bond donors (Lipinski definition) is 1. The van der Waals surface area contributed by atoms with Gasteiger partial charge >= 0.3 is 5.97 Å². The van der Waals surface area contributed by atoms with Crippen LogP contribution in [0.25, 0.3) is 5.57 Å². The van der Waals surface area contributed by atoms with Crippen molar-refractivity contribution in [2.24, 2.45) is 4.99 Å². The quantitative estimate of drug-likeness (QED) is 0.610. The number of carbonyl (C=O) groups excluding carboxylic acids is 2. The molecule has 7 nitrogen and oxygen atoms in total. The largest absolute Gasteiger partial charge is 0.463 e. The monoisotopic (exact) mass is 459 g/mol. The number of nitrogens with zero attached hydrogens (tertiary/aromatic N) is 2. The lowest BCUT2D eigenvalue weighted by molar-refractivity contribution is -0.139. The van der Waals surface area contributed by atoms with Crippen molar-refractivity contribution in [3.63, 3.8) is 0 Å². The summed E-state index contributed by atoms with van der Waals surface area (Å²) in [6.45, 7) is 5.66. The minimum Gasteiger partial charge on any atom is -0.463 e. The van der Waals surface area contributed by atoms with Gasteiger partial charge in [-0.2, -0.15) is 0 Å². The molecule has 1 N–H and O–H groups in total. The summed E-state index contributed by atoms with van der Waals surface area (Å²) >= 11 is 1.16. The van der Waals surface area contributed by atoms with Gasteiger partial charge in [-0.1, -0.05) is 59.4 Å². The van der Waals surface area contributed by atoms with Gasteiger partial charge in [-0.25, -0.2) is 9.79 Å². The van der Waals surface area contributed by atoms with Crippen LogP contribution in [-0.4, -0.2) is 23.1 Å². The third-order valence-electron chi connectivity index (χ3n) is 5.78. The van der Waals surface area contributed by atoms with Gasteiger partial charge in [-0.05, 0) is 32.4 Å². The smallest absolute Gasteiger partial charge is 0.338 e. The summed E-state index contributed by atoms with van der Waals surface area (Å²) in [6.07, 6.45) is 0. The molecule has 0 saturated heterocycles. The molecule has 0 aliphatic carbocycles. The fourth-order valence-corrected chi connectivity index (χ4v) is 5.39. The van der Waals surface area contributed by atoms with Crippen molar-refractivity contribution in [3.8, 4) is 0 Å². The van der Waals surface area contributed by atoms with E-state index in [1.54, 1.807) is 19.9 Å². The number of ether oxygens (including phenoxy) is 1. The molecule has 1 atom stereocenters. The Hall–Kier alpha value is -3.78. The molecule has 166 valence electrons. The molecule has 2 aliphatic heterocycles. The van der Waals surface area contributed by atoms with Crippen LogP contribution >= 0.6 is 11.3 Å². The number of hydrogen-bond acceptors (Lipinski definition) is 6. The van der Waals surface area contributed by atoms with E-state index in [-0.39, 0.29) is 18.1 Å². The lowest BCUT2D eigenvalue weighted by atomic mass is 9.95. The van der Waals surface area contributed by atoms with E-state index in [9.17, 15) is 14.4 Å². The van der Waals surface area contributed by atoms with Gasteiger partial charge in [0.05, 0.1) is 29.5 Å². The average Bonchev–Trinajstić information content (AvgIpc) is 3.28. The molecule has 0 bridgehead atoms. The predicted molar refractivity (Wildman–Crippen MR) is 126 cm³/mol. The molecule has 0 unspecified atom stereocenters. The SMILES string of the molecule is CCOC(=O)C1=C(C)N=c2sc(=C3C(=O)Nc4ccccc43)c(=O)n2[C@H]1c1ccc(C)cc1. The van der Waals surface area contributed by atoms with Crippen molar-refractivity contribution in [1.82, 2.24) is 4.57 Å². The number of aromatic nitrogens is 1. The van der Waals surface area contributed by atoms with Crippen LogP contribution in [0.5, 0.6) is 0 Å². The Balaban J connectivity index is 1.82. The summed E-state index contributed by atoms with van der Waals surface area (Å²) in [4.78, 5) is 44.5. The highest BCUT2D eigenvalue weighted by Gasteiger charge is 2.35. The highest BCUT2D eigenvalue weighted by atomic mass is 32.1. The van der Waals surface area contributed by atoms with E-state index in [1.165, 1.54) is 4.57 Å². The van der Waals surface area contributed by atoms with Gasteiger partial charge in [0.2, 0.25) is 0 Å². The number of thiazole rings is 1. The van der Waals surface area contributed by atoms with E-state index in [0.717, 1.165) is 22.5 Å². The first kappa shape index (κ1) is 21.1. The summed E-state index contributed by atoms with van der Waals surface area (Å²) in [5.41, 5.74) is 3.96. The van der Waals surface area contributed by atoms with E-state index in [2.05, 4.69) is 10.3 Å². The number of aryl methyl sites for hydroxylation is 1. The molecule has 2 aliphatic rings. The van der Waals surface area contributed by atoms with Crippen LogP contribution in [0.2, 0.25) is 0 Å². The fourth-order valence-electron chi connectivity index (χ4n) is 4.25. The summed E-state index contributed by atoms with van der Waals surface area (Å²) in [6, 6.07) is 14.2. The molecular formula is C25H21N3O4S. The van der Waals surface area contributed by atoms with E-state index in [0.29, 0.717) is 37.4 Å². The number of rotatable bonds is 3. The van der Waals surface area contributed by atoms with Crippen LogP contribution in [0.1, 0.15) is 36.6 Å². The predicted octanol–water partition coefficient (Wildman–Crippen LogP) is 2.43. The zero-order valence-electron chi connectivity index (χ0n) is 18.3. The number of benzene rings is 2. The zero-order valence-corrected chi connectivity index (χ0v) is 19.2. The van der Waals surface area contributed by atoms with Crippen molar-refractivity contribution in [2.75, 3.05) is 11.9 Å². The molecule has 3 heterocycles. The number of anilines is 1. The van der Waals surface area contributed by atoms with E-state index in [4.69, 9.17) is 4.74 Å². The van der Waals surface area contributed by atoms with E-state index < -0.39 is 12.0 Å². The number of nitrogens with one attached hydrogen (secondary N) is 1. The second-order valence-corrected chi connectivity index (χ2v) is 8.89. The summed E-state index contributed by atoms with van der Waals surface area (Å²) in [5, 5.41) is 2.82. The van der Waals surface area contributed by atoms with Crippen LogP contribution in [-0.2, 0) is 14.3 Å². The number of fused-ring (bicyclic) bond motifs is 2. The van der Waals surface area contributed by atoms with Gasteiger partial charge < -0.3 is 10.1 Å². The number of para-hydroxylation sites is 1. The molecule has 2 aromatic carbocycles. The summed E-state index contributed by atoms with van der Waals surface area (Å²) in [7, 11) is 0. The van der Waals surface area contributed by atoms with Gasteiger partial charge in [0.25, 0.3) is 11.5 Å². The summed E-state index contributed by atoms with van der Waals surface area (Å²) in [5.74, 6) is -0.832. The maximum absolute atomic E-state index is 13.8. The minimum absolute atomic E-state index is 0.210. The van der Waals surface area contributed by atoms with Crippen molar-refractivity contribution in [3.05, 3.63) is 96.2 Å². The lowest BCUT2D eigenvalue weighted by Gasteiger charge is -2.24. The van der Waals surface area contributed by atoms with Gasteiger partial charge in [-0.3, -0.25) is 14.2 Å². The molecule has 0 fully saturated rings. The standard InChI is InChI=1S/C25H21N3O4S/c1-4-32-24(31)18-14(3)26-25-28(20(18)15-11-9-13(2)10-12-15)23(30)21(33-25)19-16-7-5-6-8-17(16)27-22(19)29/h5-12,20H,4H2,1-3H3,(H,27,29)/t20-/m0/s1. The zero-order chi connectivity index (χ0) is 23.3. The molecule has 0 spiro atoms. The lowest BCUT2D eigenvalue weighted by Crippen LogP contribution is -2.40. The summed E-state index contributed by atoms with van der Waals surface area (Å²) < 4.78 is 7.12. The number of amides is 1. The van der Waals surface area contributed by atoms with Crippen molar-refractivity contribution in [1.29, 1.82) is 0 Å². The Labute approximate surface area is 193 Å². The molecule has 33 heavy (non-hydrogen) atoms. The molecule has 8 heteroatoms. The first-order valence-electron chi connectivity index (χ1n) is 10.6. The number of esters is 1. The second kappa shape index (κ2) is 7.97. The highest BCUT2D eigenvalue weighted by molar-refractivity contribution is 7.07. The Morgan fingerprint density at radius 2 is 1.85 bits per heavy atom. The van der Waals surface area contributed by atoms with Crippen molar-refractivity contribution in [2.45, 2.75) is 26.8 Å².